The third kappa shape index (κ3) is 3.05. The second-order valence-electron chi connectivity index (χ2n) is 3.76. The highest BCUT2D eigenvalue weighted by molar-refractivity contribution is 9.10. The number of thiocarbonyl (C=S) groups is 1. The van der Waals surface area contributed by atoms with E-state index < -0.39 is 5.82 Å². The molecule has 0 spiro atoms. The Balaban J connectivity index is 2.40. The van der Waals surface area contributed by atoms with Gasteiger partial charge in [0.1, 0.15) is 4.99 Å². The summed E-state index contributed by atoms with van der Waals surface area (Å²) in [5.41, 5.74) is 6.87. The van der Waals surface area contributed by atoms with Crippen molar-refractivity contribution >= 4 is 56.1 Å². The summed E-state index contributed by atoms with van der Waals surface area (Å²) < 4.78 is 14.4. The number of nitrogens with one attached hydrogen (secondary N) is 1. The molecule has 0 saturated heterocycles. The van der Waals surface area contributed by atoms with Gasteiger partial charge in [0.05, 0.1) is 20.9 Å². The van der Waals surface area contributed by atoms with Crippen LogP contribution in [0.1, 0.15) is 5.56 Å². The smallest absolute Gasteiger partial charge is 0.161 e. The molecule has 98 valence electrons. The van der Waals surface area contributed by atoms with Crippen molar-refractivity contribution in [2.24, 2.45) is 5.73 Å². The lowest BCUT2D eigenvalue weighted by atomic mass is 10.2. The Bertz CT molecular complexity index is 649. The molecule has 0 atom stereocenters. The van der Waals surface area contributed by atoms with Crippen molar-refractivity contribution in [1.82, 2.24) is 0 Å². The summed E-state index contributed by atoms with van der Waals surface area (Å²) >= 11 is 14.0. The summed E-state index contributed by atoms with van der Waals surface area (Å²) in [6.07, 6.45) is 0. The largest absolute Gasteiger partial charge is 0.389 e. The van der Waals surface area contributed by atoms with E-state index in [4.69, 9.17) is 29.6 Å². The summed E-state index contributed by atoms with van der Waals surface area (Å²) in [7, 11) is 0. The van der Waals surface area contributed by atoms with Crippen LogP contribution in [0.15, 0.2) is 40.9 Å². The highest BCUT2D eigenvalue weighted by Gasteiger charge is 2.13. The number of nitrogens with two attached hydrogens (primary N) is 1. The average molecular weight is 360 g/mol. The molecule has 0 aliphatic rings. The van der Waals surface area contributed by atoms with Crippen LogP contribution in [0.25, 0.3) is 0 Å². The third-order valence-electron chi connectivity index (χ3n) is 2.49. The lowest BCUT2D eigenvalue weighted by molar-refractivity contribution is 0.625. The van der Waals surface area contributed by atoms with Crippen molar-refractivity contribution in [1.29, 1.82) is 0 Å². The number of hydrogen-bond donors (Lipinski definition) is 2. The van der Waals surface area contributed by atoms with Crippen LogP contribution in [0.3, 0.4) is 0 Å². The first-order chi connectivity index (χ1) is 9.00. The van der Waals surface area contributed by atoms with E-state index in [1.54, 1.807) is 30.3 Å². The summed E-state index contributed by atoms with van der Waals surface area (Å²) in [4.78, 5) is 0.134. The van der Waals surface area contributed by atoms with Gasteiger partial charge >= 0.3 is 0 Å². The van der Waals surface area contributed by atoms with E-state index in [1.165, 1.54) is 0 Å². The molecule has 3 N–H and O–H groups in total. The SMILES string of the molecule is NC(=S)c1ccc(Nc2ccccc2Cl)c(F)c1Br. The number of anilines is 2. The Labute approximate surface area is 128 Å². The molecule has 2 nitrogen and oxygen atoms in total. The van der Waals surface area contributed by atoms with Gasteiger partial charge in [0, 0.05) is 5.56 Å². The zero-order chi connectivity index (χ0) is 14.0. The van der Waals surface area contributed by atoms with Gasteiger partial charge in [-0.15, -0.1) is 0 Å². The maximum Gasteiger partial charge on any atom is 0.161 e. The van der Waals surface area contributed by atoms with Crippen LogP contribution in [0.4, 0.5) is 15.8 Å². The van der Waals surface area contributed by atoms with Crippen molar-refractivity contribution < 1.29 is 4.39 Å². The van der Waals surface area contributed by atoms with Crippen molar-refractivity contribution in [2.45, 2.75) is 0 Å². The number of halogens is 3. The van der Waals surface area contributed by atoms with Crippen molar-refractivity contribution in [2.75, 3.05) is 5.32 Å². The maximum atomic E-state index is 14.2. The van der Waals surface area contributed by atoms with Gasteiger partial charge in [-0.05, 0) is 40.2 Å². The number of rotatable bonds is 3. The van der Waals surface area contributed by atoms with E-state index in [9.17, 15) is 4.39 Å². The fourth-order valence-electron chi connectivity index (χ4n) is 1.54. The van der Waals surface area contributed by atoms with Gasteiger partial charge in [0.25, 0.3) is 0 Å². The molecule has 0 heterocycles. The minimum atomic E-state index is -0.467. The zero-order valence-corrected chi connectivity index (χ0v) is 12.7. The molecular formula is C13H9BrClFN2S. The number of benzene rings is 2. The van der Waals surface area contributed by atoms with Gasteiger partial charge in [-0.2, -0.15) is 0 Å². The van der Waals surface area contributed by atoms with Gasteiger partial charge < -0.3 is 11.1 Å². The first kappa shape index (κ1) is 14.2. The van der Waals surface area contributed by atoms with Crippen LogP contribution in [0.2, 0.25) is 5.02 Å². The van der Waals surface area contributed by atoms with Gasteiger partial charge in [-0.3, -0.25) is 0 Å². The Hall–Kier alpha value is -1.17. The van der Waals surface area contributed by atoms with Crippen molar-refractivity contribution in [3.8, 4) is 0 Å². The maximum absolute atomic E-state index is 14.2. The quantitative estimate of drug-likeness (QED) is 0.785. The monoisotopic (exact) mass is 358 g/mol. The molecule has 0 radical (unpaired) electrons. The van der Waals surface area contributed by atoms with Crippen LogP contribution in [-0.4, -0.2) is 4.99 Å². The molecule has 0 bridgehead atoms. The Morgan fingerprint density at radius 2 is 1.89 bits per heavy atom. The average Bonchev–Trinajstić information content (AvgIpc) is 2.37. The molecule has 0 saturated carbocycles. The molecule has 0 unspecified atom stereocenters. The van der Waals surface area contributed by atoms with E-state index in [0.29, 0.717) is 22.0 Å². The topological polar surface area (TPSA) is 38.0 Å². The fraction of sp³-hybridized carbons (Fsp3) is 0. The van der Waals surface area contributed by atoms with Crippen LogP contribution in [-0.2, 0) is 0 Å². The van der Waals surface area contributed by atoms with Gasteiger partial charge in [-0.1, -0.05) is 36.0 Å². The normalized spacial score (nSPS) is 10.3. The molecule has 0 aliphatic heterocycles. The number of para-hydroxylation sites is 1. The first-order valence-electron chi connectivity index (χ1n) is 5.30. The second kappa shape index (κ2) is 5.86. The standard InChI is InChI=1S/C13H9BrClFN2S/c14-11-7(13(17)19)5-6-10(12(11)16)18-9-4-2-1-3-8(9)15/h1-6,18H,(H2,17,19). The molecular weight excluding hydrogens is 351 g/mol. The number of hydrogen-bond acceptors (Lipinski definition) is 2. The van der Waals surface area contributed by atoms with E-state index in [-0.39, 0.29) is 9.46 Å². The zero-order valence-electron chi connectivity index (χ0n) is 9.58. The Kier molecular flexibility index (Phi) is 4.39. The summed E-state index contributed by atoms with van der Waals surface area (Å²) in [5.74, 6) is -0.467. The van der Waals surface area contributed by atoms with Gasteiger partial charge in [-0.25, -0.2) is 4.39 Å². The van der Waals surface area contributed by atoms with Crippen LogP contribution >= 0.6 is 39.7 Å². The van der Waals surface area contributed by atoms with Crippen molar-refractivity contribution in [3.05, 3.63) is 57.3 Å². The Morgan fingerprint density at radius 3 is 2.53 bits per heavy atom. The Morgan fingerprint density at radius 1 is 1.21 bits per heavy atom. The van der Waals surface area contributed by atoms with Gasteiger partial charge in [0.15, 0.2) is 5.82 Å². The molecule has 19 heavy (non-hydrogen) atoms. The van der Waals surface area contributed by atoms with Crippen LogP contribution in [0, 0.1) is 5.82 Å². The predicted octanol–water partition coefficient (Wildman–Crippen LogP) is 4.62. The lowest BCUT2D eigenvalue weighted by Crippen LogP contribution is -2.11. The third-order valence-corrected chi connectivity index (χ3v) is 3.82. The molecule has 0 amide bonds. The molecule has 0 aliphatic carbocycles. The summed E-state index contributed by atoms with van der Waals surface area (Å²) in [6.45, 7) is 0. The molecule has 0 aromatic heterocycles. The molecule has 2 aromatic rings. The first-order valence-corrected chi connectivity index (χ1v) is 6.88. The molecule has 0 fully saturated rings. The predicted molar refractivity (Wildman–Crippen MR) is 84.7 cm³/mol. The van der Waals surface area contributed by atoms with E-state index in [1.807, 2.05) is 6.07 Å². The van der Waals surface area contributed by atoms with Crippen LogP contribution < -0.4 is 11.1 Å². The van der Waals surface area contributed by atoms with E-state index in [2.05, 4.69) is 21.2 Å². The lowest BCUT2D eigenvalue weighted by Gasteiger charge is -2.12. The molecule has 2 aromatic carbocycles. The minimum Gasteiger partial charge on any atom is -0.389 e. The summed E-state index contributed by atoms with van der Waals surface area (Å²) in [6, 6.07) is 10.3. The molecule has 6 heteroatoms. The second-order valence-corrected chi connectivity index (χ2v) is 5.40. The molecule has 2 rings (SSSR count). The summed E-state index contributed by atoms with van der Waals surface area (Å²) in [5, 5.41) is 3.44. The van der Waals surface area contributed by atoms with Gasteiger partial charge in [0.2, 0.25) is 0 Å². The van der Waals surface area contributed by atoms with Crippen LogP contribution in [0.5, 0.6) is 0 Å². The highest BCUT2D eigenvalue weighted by atomic mass is 79.9. The fourth-order valence-corrected chi connectivity index (χ4v) is 2.59. The van der Waals surface area contributed by atoms with E-state index >= 15 is 0 Å². The highest BCUT2D eigenvalue weighted by Crippen LogP contribution is 2.31. The van der Waals surface area contributed by atoms with Crippen molar-refractivity contribution in [3.63, 3.8) is 0 Å². The minimum absolute atomic E-state index is 0.134. The van der Waals surface area contributed by atoms with E-state index in [0.717, 1.165) is 0 Å².